The fraction of sp³-hybridized carbons (Fsp3) is 0.579. The Kier molecular flexibility index (Phi) is 5.96. The summed E-state index contributed by atoms with van der Waals surface area (Å²) in [4.78, 5) is 29.3. The lowest BCUT2D eigenvalue weighted by Gasteiger charge is -2.36. The number of likely N-dealkylation sites (N-methyl/N-ethyl adjacent to an activating group) is 1. The number of nitrogens with one attached hydrogen (secondary N) is 1. The first-order valence-electron chi connectivity index (χ1n) is 9.18. The molecule has 2 amide bonds. The fourth-order valence-electron chi connectivity index (χ4n) is 3.96. The average Bonchev–Trinajstić information content (AvgIpc) is 3.12. The van der Waals surface area contributed by atoms with E-state index in [4.69, 9.17) is 9.47 Å². The average molecular weight is 379 g/mol. The number of likely N-dealkylation sites (tertiary alicyclic amines) is 1. The number of hydrogen-bond acceptors (Lipinski definition) is 5. The summed E-state index contributed by atoms with van der Waals surface area (Å²) in [5.74, 6) is -1.10. The first-order valence-corrected chi connectivity index (χ1v) is 9.18. The Morgan fingerprint density at radius 2 is 2.00 bits per heavy atom. The largest absolute Gasteiger partial charge is 0.382 e. The minimum absolute atomic E-state index is 0.101. The minimum atomic E-state index is -1.06. The number of amides is 2. The molecule has 0 spiro atoms. The predicted octanol–water partition coefficient (Wildman–Crippen LogP) is 1.03. The van der Waals surface area contributed by atoms with E-state index in [2.05, 4.69) is 5.32 Å². The van der Waals surface area contributed by atoms with Crippen LogP contribution in [0.15, 0.2) is 18.2 Å². The van der Waals surface area contributed by atoms with Crippen molar-refractivity contribution in [3.05, 3.63) is 29.6 Å². The number of methoxy groups -OCH3 is 1. The molecular weight excluding hydrogens is 353 g/mol. The monoisotopic (exact) mass is 379 g/mol. The molecule has 1 aromatic rings. The molecule has 2 heterocycles. The molecule has 2 aliphatic heterocycles. The van der Waals surface area contributed by atoms with E-state index in [-0.39, 0.29) is 24.0 Å². The summed E-state index contributed by atoms with van der Waals surface area (Å²) in [5.41, 5.74) is -0.174. The van der Waals surface area contributed by atoms with Crippen LogP contribution in [0.3, 0.4) is 0 Å². The van der Waals surface area contributed by atoms with Crippen molar-refractivity contribution in [2.45, 2.75) is 18.4 Å². The van der Waals surface area contributed by atoms with Gasteiger partial charge < -0.3 is 24.6 Å². The molecule has 0 aromatic heterocycles. The molecule has 8 heteroatoms. The topological polar surface area (TPSA) is 71.1 Å². The second-order valence-corrected chi connectivity index (χ2v) is 6.90. The predicted molar refractivity (Wildman–Crippen MR) is 98.4 cm³/mol. The highest BCUT2D eigenvalue weighted by Gasteiger charge is 2.49. The lowest BCUT2D eigenvalue weighted by Crippen LogP contribution is -2.59. The van der Waals surface area contributed by atoms with E-state index >= 15 is 0 Å². The van der Waals surface area contributed by atoms with Crippen molar-refractivity contribution in [2.75, 3.05) is 58.5 Å². The van der Waals surface area contributed by atoms with Gasteiger partial charge in [-0.3, -0.25) is 9.59 Å². The highest BCUT2D eigenvalue weighted by atomic mass is 19.1. The van der Waals surface area contributed by atoms with Crippen molar-refractivity contribution in [3.63, 3.8) is 0 Å². The summed E-state index contributed by atoms with van der Waals surface area (Å²) < 4.78 is 24.9. The first kappa shape index (κ1) is 19.6. The van der Waals surface area contributed by atoms with Crippen molar-refractivity contribution in [3.8, 4) is 0 Å². The number of anilines is 1. The summed E-state index contributed by atoms with van der Waals surface area (Å²) in [7, 11) is 3.05. The zero-order chi connectivity index (χ0) is 19.4. The van der Waals surface area contributed by atoms with Crippen molar-refractivity contribution in [1.29, 1.82) is 0 Å². The van der Waals surface area contributed by atoms with Gasteiger partial charge in [0, 0.05) is 45.0 Å². The number of ether oxygens (including phenoxy) is 2. The molecule has 7 nitrogen and oxygen atoms in total. The summed E-state index contributed by atoms with van der Waals surface area (Å²) in [6.07, 6.45) is 1.20. The maximum absolute atomic E-state index is 14.3. The van der Waals surface area contributed by atoms with Crippen LogP contribution in [0.2, 0.25) is 0 Å². The zero-order valence-corrected chi connectivity index (χ0v) is 15.8. The van der Waals surface area contributed by atoms with Gasteiger partial charge in [0.25, 0.3) is 5.91 Å². The third-order valence-corrected chi connectivity index (χ3v) is 5.27. The van der Waals surface area contributed by atoms with Crippen LogP contribution in [0.25, 0.3) is 0 Å². The first-order chi connectivity index (χ1) is 13.0. The number of halogens is 1. The van der Waals surface area contributed by atoms with Crippen LogP contribution in [0, 0.1) is 5.82 Å². The van der Waals surface area contributed by atoms with E-state index in [9.17, 15) is 14.0 Å². The second-order valence-electron chi connectivity index (χ2n) is 6.90. The minimum Gasteiger partial charge on any atom is -0.382 e. The molecule has 0 aliphatic carbocycles. The molecule has 0 radical (unpaired) electrons. The third-order valence-electron chi connectivity index (χ3n) is 5.27. The summed E-state index contributed by atoms with van der Waals surface area (Å²) in [5, 5.41) is 2.63. The quantitative estimate of drug-likeness (QED) is 0.828. The number of rotatable bonds is 5. The highest BCUT2D eigenvalue weighted by Crippen LogP contribution is 2.32. The number of morpholine rings is 1. The van der Waals surface area contributed by atoms with Gasteiger partial charge in [-0.2, -0.15) is 0 Å². The van der Waals surface area contributed by atoms with Crippen LogP contribution in [-0.4, -0.2) is 75.9 Å². The number of benzene rings is 1. The Bertz CT molecular complexity index is 708. The molecule has 1 atom stereocenters. The van der Waals surface area contributed by atoms with Gasteiger partial charge in [-0.05, 0) is 31.0 Å². The molecule has 0 saturated carbocycles. The number of carbonyl (C=O) groups is 2. The molecule has 1 aromatic carbocycles. The lowest BCUT2D eigenvalue weighted by molar-refractivity contribution is -0.133. The second kappa shape index (κ2) is 8.22. The van der Waals surface area contributed by atoms with E-state index in [1.807, 2.05) is 4.90 Å². The molecule has 3 rings (SSSR count). The van der Waals surface area contributed by atoms with Crippen molar-refractivity contribution < 1.29 is 23.5 Å². The fourth-order valence-corrected chi connectivity index (χ4v) is 3.96. The Hall–Kier alpha value is -2.19. The Labute approximate surface area is 158 Å². The normalized spacial score (nSPS) is 22.8. The van der Waals surface area contributed by atoms with E-state index < -0.39 is 11.4 Å². The van der Waals surface area contributed by atoms with Crippen LogP contribution in [-0.2, 0) is 14.3 Å². The van der Waals surface area contributed by atoms with Gasteiger partial charge in [-0.15, -0.1) is 0 Å². The molecule has 2 aliphatic rings. The van der Waals surface area contributed by atoms with Crippen molar-refractivity contribution in [1.82, 2.24) is 10.2 Å². The summed E-state index contributed by atoms with van der Waals surface area (Å²) in [6.45, 7) is 2.96. The van der Waals surface area contributed by atoms with Crippen molar-refractivity contribution in [2.24, 2.45) is 0 Å². The van der Waals surface area contributed by atoms with E-state index in [0.29, 0.717) is 51.4 Å². The summed E-state index contributed by atoms with van der Waals surface area (Å²) in [6, 6.07) is 4.34. The van der Waals surface area contributed by atoms with E-state index in [1.54, 1.807) is 13.1 Å². The van der Waals surface area contributed by atoms with Crippen LogP contribution in [0.5, 0.6) is 0 Å². The van der Waals surface area contributed by atoms with Crippen LogP contribution < -0.4 is 10.2 Å². The van der Waals surface area contributed by atoms with E-state index in [0.717, 1.165) is 0 Å². The molecule has 1 N–H and O–H groups in total. The molecule has 148 valence electrons. The Balaban J connectivity index is 1.92. The molecule has 2 fully saturated rings. The number of nitrogens with zero attached hydrogens (tertiary/aromatic N) is 2. The Morgan fingerprint density at radius 1 is 1.26 bits per heavy atom. The third kappa shape index (κ3) is 3.77. The van der Waals surface area contributed by atoms with Crippen molar-refractivity contribution >= 4 is 17.5 Å². The van der Waals surface area contributed by atoms with Gasteiger partial charge in [0.05, 0.1) is 19.8 Å². The zero-order valence-electron chi connectivity index (χ0n) is 15.8. The maximum Gasteiger partial charge on any atom is 0.255 e. The van der Waals surface area contributed by atoms with Gasteiger partial charge in [0.15, 0.2) is 0 Å². The molecular formula is C19H26FN3O4. The number of carbonyl (C=O) groups excluding carboxylic acids is 2. The lowest BCUT2D eigenvalue weighted by atomic mass is 9.95. The summed E-state index contributed by atoms with van der Waals surface area (Å²) >= 11 is 0. The molecule has 0 bridgehead atoms. The highest BCUT2D eigenvalue weighted by molar-refractivity contribution is 6.00. The maximum atomic E-state index is 14.3. The van der Waals surface area contributed by atoms with Crippen LogP contribution in [0.1, 0.15) is 23.2 Å². The standard InChI is InChI=1S/C19H26FN3O4/c1-21-18(25)19(13-26-2)4-3-5-23(19)17(24)14-10-15(20)12-16(11-14)22-6-8-27-9-7-22/h10-12H,3-9,13H2,1-2H3,(H,21,25). The van der Waals surface area contributed by atoms with Gasteiger partial charge in [-0.25, -0.2) is 4.39 Å². The van der Waals surface area contributed by atoms with Gasteiger partial charge >= 0.3 is 0 Å². The van der Waals surface area contributed by atoms with Gasteiger partial charge in [0.2, 0.25) is 5.91 Å². The van der Waals surface area contributed by atoms with Crippen LogP contribution >= 0.6 is 0 Å². The molecule has 27 heavy (non-hydrogen) atoms. The van der Waals surface area contributed by atoms with Gasteiger partial charge in [-0.1, -0.05) is 0 Å². The van der Waals surface area contributed by atoms with E-state index in [1.165, 1.54) is 24.1 Å². The molecule has 2 saturated heterocycles. The SMILES string of the molecule is CNC(=O)C1(COC)CCCN1C(=O)c1cc(F)cc(N2CCOCC2)c1. The van der Waals surface area contributed by atoms with Gasteiger partial charge in [0.1, 0.15) is 11.4 Å². The smallest absolute Gasteiger partial charge is 0.255 e. The number of hydrogen-bond donors (Lipinski definition) is 1. The molecule has 1 unspecified atom stereocenters. The Morgan fingerprint density at radius 3 is 2.67 bits per heavy atom. The van der Waals surface area contributed by atoms with Crippen LogP contribution in [0.4, 0.5) is 10.1 Å².